The number of rotatable bonds is 13. The van der Waals surface area contributed by atoms with Crippen LogP contribution in [0.5, 0.6) is 0 Å². The number of ketones is 2. The molecular formula is C25H31FN2O7. The summed E-state index contributed by atoms with van der Waals surface area (Å²) in [5, 5.41) is 12.0. The van der Waals surface area contributed by atoms with Crippen molar-refractivity contribution >= 4 is 40.1 Å². The number of carboxylic acids is 1. The van der Waals surface area contributed by atoms with Gasteiger partial charge in [-0.05, 0) is 38.0 Å². The summed E-state index contributed by atoms with van der Waals surface area (Å²) in [5.41, 5.74) is 0.00668. The molecule has 0 fully saturated rings. The van der Waals surface area contributed by atoms with Crippen molar-refractivity contribution in [3.63, 3.8) is 0 Å². The van der Waals surface area contributed by atoms with Crippen LogP contribution in [0.15, 0.2) is 33.5 Å². The lowest BCUT2D eigenvalue weighted by molar-refractivity contribution is -0.141. The fraction of sp³-hybridized carbons (Fsp3) is 0.480. The van der Waals surface area contributed by atoms with Crippen molar-refractivity contribution in [1.29, 1.82) is 0 Å². The summed E-state index contributed by atoms with van der Waals surface area (Å²) in [4.78, 5) is 63.1. The minimum atomic E-state index is -1.39. The number of halogens is 1. The number of fused-ring (bicyclic) bond motifs is 1. The van der Waals surface area contributed by atoms with E-state index in [0.29, 0.717) is 11.0 Å². The number of carbonyl (C=O) groups is 4. The molecule has 1 heterocycles. The molecule has 0 aliphatic carbocycles. The molecule has 10 heteroatoms. The molecular weight excluding hydrogens is 459 g/mol. The van der Waals surface area contributed by atoms with Gasteiger partial charge in [-0.15, -0.1) is 0 Å². The Morgan fingerprint density at radius 3 is 2.26 bits per heavy atom. The zero-order chi connectivity index (χ0) is 26.3. The third-order valence-corrected chi connectivity index (χ3v) is 5.85. The van der Waals surface area contributed by atoms with Gasteiger partial charge in [0.1, 0.15) is 17.8 Å². The van der Waals surface area contributed by atoms with Crippen molar-refractivity contribution in [3.8, 4) is 0 Å². The van der Waals surface area contributed by atoms with Crippen molar-refractivity contribution in [3.05, 3.63) is 40.2 Å². The van der Waals surface area contributed by atoms with Crippen LogP contribution < -0.4 is 15.8 Å². The number of Topliss-reactive ketones (excluding diaryl/α,β-unsaturated/α-hetero) is 2. The Bertz CT molecular complexity index is 1150. The molecule has 2 atom stereocenters. The number of alkyl halides is 1. The predicted octanol–water partition coefficient (Wildman–Crippen LogP) is 2.98. The molecule has 1 amide bonds. The summed E-state index contributed by atoms with van der Waals surface area (Å²) in [6.45, 7) is 7.43. The van der Waals surface area contributed by atoms with Crippen molar-refractivity contribution in [2.24, 2.45) is 11.8 Å². The van der Waals surface area contributed by atoms with E-state index in [1.165, 1.54) is 6.07 Å². The lowest BCUT2D eigenvalue weighted by Gasteiger charge is -2.23. The molecule has 2 rings (SSSR count). The van der Waals surface area contributed by atoms with E-state index in [2.05, 4.69) is 10.2 Å². The van der Waals surface area contributed by atoms with Crippen molar-refractivity contribution in [1.82, 2.24) is 5.32 Å². The maximum atomic E-state index is 12.9. The molecule has 0 spiro atoms. The van der Waals surface area contributed by atoms with E-state index >= 15 is 0 Å². The van der Waals surface area contributed by atoms with Gasteiger partial charge in [-0.3, -0.25) is 19.2 Å². The van der Waals surface area contributed by atoms with Crippen LogP contribution in [0.25, 0.3) is 11.0 Å². The second-order valence-electron chi connectivity index (χ2n) is 8.60. The number of nitrogens with zero attached hydrogens (tertiary/aromatic N) is 1. The predicted molar refractivity (Wildman–Crippen MR) is 128 cm³/mol. The number of carbonyl (C=O) groups excluding carboxylic acids is 3. The molecule has 0 radical (unpaired) electrons. The highest BCUT2D eigenvalue weighted by Crippen LogP contribution is 2.22. The average Bonchev–Trinajstić information content (AvgIpc) is 2.81. The summed E-state index contributed by atoms with van der Waals surface area (Å²) >= 11 is 0. The topological polar surface area (TPSA) is 134 Å². The quantitative estimate of drug-likeness (QED) is 0.409. The monoisotopic (exact) mass is 490 g/mol. The highest BCUT2D eigenvalue weighted by molar-refractivity contribution is 6.00. The van der Waals surface area contributed by atoms with Gasteiger partial charge < -0.3 is 19.7 Å². The van der Waals surface area contributed by atoms with Gasteiger partial charge in [0.25, 0.3) is 5.91 Å². The van der Waals surface area contributed by atoms with Gasteiger partial charge in [-0.2, -0.15) is 0 Å². The number of hydrogen-bond acceptors (Lipinski definition) is 7. The average molecular weight is 491 g/mol. The third-order valence-electron chi connectivity index (χ3n) is 5.85. The Morgan fingerprint density at radius 1 is 1.06 bits per heavy atom. The molecule has 0 saturated heterocycles. The second kappa shape index (κ2) is 12.2. The fourth-order valence-electron chi connectivity index (χ4n) is 3.87. The summed E-state index contributed by atoms with van der Waals surface area (Å²) < 4.78 is 18.2. The molecule has 2 aromatic rings. The van der Waals surface area contributed by atoms with Crippen molar-refractivity contribution < 1.29 is 33.1 Å². The molecule has 0 saturated carbocycles. The van der Waals surface area contributed by atoms with Crippen molar-refractivity contribution in [2.45, 2.75) is 46.6 Å². The molecule has 35 heavy (non-hydrogen) atoms. The molecule has 1 unspecified atom stereocenters. The molecule has 190 valence electrons. The van der Waals surface area contributed by atoms with Crippen LogP contribution in [0.2, 0.25) is 0 Å². The summed E-state index contributed by atoms with van der Waals surface area (Å²) in [6, 6.07) is 5.56. The fourth-order valence-corrected chi connectivity index (χ4v) is 3.87. The standard InChI is InChI=1S/C25H31FN2O7/c1-5-28(6-2)17-8-7-15-9-18(25(34)35-21(15)12-17)24(33)27-23(14(3)4)19(29)10-16(11-22(31)32)20(30)13-26/h7-9,12,14,16,23H,5-6,10-11,13H2,1-4H3,(H,27,33)(H,31,32)/t16?,23-/m0/s1. The number of nitrogens with one attached hydrogen (secondary N) is 1. The Hall–Kier alpha value is -3.56. The lowest BCUT2D eigenvalue weighted by Crippen LogP contribution is -2.46. The molecule has 9 nitrogen and oxygen atoms in total. The van der Waals surface area contributed by atoms with Crippen molar-refractivity contribution in [2.75, 3.05) is 24.7 Å². The van der Waals surface area contributed by atoms with Gasteiger partial charge >= 0.3 is 11.6 Å². The first-order valence-corrected chi connectivity index (χ1v) is 11.5. The van der Waals surface area contributed by atoms with Gasteiger partial charge in [-0.1, -0.05) is 13.8 Å². The van der Waals surface area contributed by atoms with Gasteiger partial charge in [0.05, 0.1) is 12.5 Å². The SMILES string of the molecule is CCN(CC)c1ccc2cc(C(=O)N[C@H](C(=O)CC(CC(=O)O)C(=O)CF)C(C)C)c(=O)oc2c1. The van der Waals surface area contributed by atoms with Crippen LogP contribution >= 0.6 is 0 Å². The van der Waals surface area contributed by atoms with Crippen LogP contribution in [0, 0.1) is 11.8 Å². The smallest absolute Gasteiger partial charge is 0.349 e. The highest BCUT2D eigenvalue weighted by Gasteiger charge is 2.31. The zero-order valence-electron chi connectivity index (χ0n) is 20.3. The van der Waals surface area contributed by atoms with E-state index in [-0.39, 0.29) is 5.56 Å². The Kier molecular flexibility index (Phi) is 9.68. The van der Waals surface area contributed by atoms with E-state index in [9.17, 15) is 28.4 Å². The summed E-state index contributed by atoms with van der Waals surface area (Å²) in [5.74, 6) is -5.58. The lowest BCUT2D eigenvalue weighted by atomic mass is 9.88. The molecule has 2 N–H and O–H groups in total. The number of benzene rings is 1. The number of anilines is 1. The molecule has 1 aromatic carbocycles. The zero-order valence-corrected chi connectivity index (χ0v) is 20.3. The molecule has 0 aliphatic heterocycles. The Morgan fingerprint density at radius 2 is 1.71 bits per heavy atom. The third kappa shape index (κ3) is 6.97. The van der Waals surface area contributed by atoms with Gasteiger partial charge in [0.2, 0.25) is 0 Å². The van der Waals surface area contributed by atoms with Crippen LogP contribution in [-0.2, 0) is 14.4 Å². The van der Waals surface area contributed by atoms with Gasteiger partial charge in [0, 0.05) is 42.6 Å². The van der Waals surface area contributed by atoms with Gasteiger partial charge in [-0.25, -0.2) is 9.18 Å². The summed E-state index contributed by atoms with van der Waals surface area (Å²) in [7, 11) is 0. The Labute approximate surface area is 202 Å². The van der Waals surface area contributed by atoms with Crippen LogP contribution in [-0.4, -0.2) is 54.4 Å². The Balaban J connectivity index is 2.29. The largest absolute Gasteiger partial charge is 0.481 e. The van der Waals surface area contributed by atoms with E-state index in [0.717, 1.165) is 18.8 Å². The minimum absolute atomic E-state index is 0.298. The maximum absolute atomic E-state index is 12.9. The number of amides is 1. The first kappa shape index (κ1) is 27.7. The normalized spacial score (nSPS) is 12.9. The van der Waals surface area contributed by atoms with Crippen LogP contribution in [0.1, 0.15) is 50.9 Å². The van der Waals surface area contributed by atoms with Crippen LogP contribution in [0.3, 0.4) is 0 Å². The maximum Gasteiger partial charge on any atom is 0.349 e. The highest BCUT2D eigenvalue weighted by atomic mass is 19.1. The second-order valence-corrected chi connectivity index (χ2v) is 8.60. The summed E-state index contributed by atoms with van der Waals surface area (Å²) in [6.07, 6.45) is -1.24. The number of carboxylic acid groups (broad SMARTS) is 1. The first-order valence-electron chi connectivity index (χ1n) is 11.5. The number of aliphatic carboxylic acids is 1. The molecule has 1 aromatic heterocycles. The van der Waals surface area contributed by atoms with Gasteiger partial charge in [0.15, 0.2) is 11.6 Å². The molecule has 0 bridgehead atoms. The van der Waals surface area contributed by atoms with E-state index in [1.807, 2.05) is 19.9 Å². The number of hydrogen-bond donors (Lipinski definition) is 2. The van der Waals surface area contributed by atoms with E-state index < -0.39 is 66.5 Å². The molecule has 0 aliphatic rings. The van der Waals surface area contributed by atoms with E-state index in [4.69, 9.17) is 9.52 Å². The van der Waals surface area contributed by atoms with E-state index in [1.54, 1.807) is 26.0 Å². The minimum Gasteiger partial charge on any atom is -0.481 e. The first-order chi connectivity index (χ1) is 16.5. The van der Waals surface area contributed by atoms with Crippen LogP contribution in [0.4, 0.5) is 10.1 Å².